The summed E-state index contributed by atoms with van der Waals surface area (Å²) in [6.45, 7) is 2.86. The molecule has 1 aliphatic heterocycles. The number of nitrogens with zero attached hydrogens (tertiary/aromatic N) is 1. The summed E-state index contributed by atoms with van der Waals surface area (Å²) in [6.07, 6.45) is 4.08. The zero-order valence-corrected chi connectivity index (χ0v) is 13.1. The molecule has 120 valence electrons. The van der Waals surface area contributed by atoms with Crippen molar-refractivity contribution in [3.8, 4) is 0 Å². The van der Waals surface area contributed by atoms with E-state index in [1.54, 1.807) is 20.3 Å². The summed E-state index contributed by atoms with van der Waals surface area (Å²) < 4.78 is 23.8. The van der Waals surface area contributed by atoms with Crippen molar-refractivity contribution in [2.75, 3.05) is 33.9 Å². The molecule has 0 radical (unpaired) electrons. The molecule has 0 bridgehead atoms. The van der Waals surface area contributed by atoms with Gasteiger partial charge in [-0.2, -0.15) is 0 Å². The van der Waals surface area contributed by atoms with Gasteiger partial charge >= 0.3 is 0 Å². The van der Waals surface area contributed by atoms with Crippen molar-refractivity contribution in [2.24, 2.45) is 0 Å². The lowest BCUT2D eigenvalue weighted by atomic mass is 9.89. The first-order valence-corrected chi connectivity index (χ1v) is 7.75. The Morgan fingerprint density at radius 2 is 2.00 bits per heavy atom. The minimum absolute atomic E-state index is 0.160. The summed E-state index contributed by atoms with van der Waals surface area (Å²) in [5.41, 5.74) is 2.20. The molecule has 0 atom stereocenters. The van der Waals surface area contributed by atoms with Crippen LogP contribution in [0.4, 0.5) is 4.39 Å². The number of methoxy groups -OCH3 is 2. The van der Waals surface area contributed by atoms with Crippen molar-refractivity contribution >= 4 is 10.9 Å². The largest absolute Gasteiger partial charge is 0.361 e. The van der Waals surface area contributed by atoms with E-state index in [9.17, 15) is 4.39 Å². The van der Waals surface area contributed by atoms with Crippen molar-refractivity contribution in [3.05, 3.63) is 35.8 Å². The van der Waals surface area contributed by atoms with E-state index >= 15 is 0 Å². The smallest absolute Gasteiger partial charge is 0.169 e. The van der Waals surface area contributed by atoms with Gasteiger partial charge < -0.3 is 14.5 Å². The van der Waals surface area contributed by atoms with E-state index in [0.717, 1.165) is 43.4 Å². The summed E-state index contributed by atoms with van der Waals surface area (Å²) in [6, 6.07) is 4.99. The van der Waals surface area contributed by atoms with Gasteiger partial charge in [0.25, 0.3) is 0 Å². The van der Waals surface area contributed by atoms with Crippen LogP contribution in [-0.2, 0) is 9.47 Å². The van der Waals surface area contributed by atoms with Gasteiger partial charge in [-0.1, -0.05) is 0 Å². The van der Waals surface area contributed by atoms with Crippen LogP contribution in [0.5, 0.6) is 0 Å². The zero-order valence-electron chi connectivity index (χ0n) is 13.1. The number of ether oxygens (including phenoxy) is 2. The Bertz CT molecular complexity index is 616. The predicted octanol–water partition coefficient (Wildman–Crippen LogP) is 3.11. The Kier molecular flexibility index (Phi) is 4.76. The minimum Gasteiger partial charge on any atom is -0.361 e. The summed E-state index contributed by atoms with van der Waals surface area (Å²) >= 11 is 0. The first kappa shape index (κ1) is 15.5. The average molecular weight is 306 g/mol. The number of halogens is 1. The van der Waals surface area contributed by atoms with E-state index in [0.29, 0.717) is 5.92 Å². The van der Waals surface area contributed by atoms with Crippen molar-refractivity contribution in [2.45, 2.75) is 25.0 Å². The molecular weight excluding hydrogens is 283 g/mol. The lowest BCUT2D eigenvalue weighted by molar-refractivity contribution is -0.118. The second-order valence-electron chi connectivity index (χ2n) is 5.91. The molecule has 0 unspecified atom stereocenters. The summed E-state index contributed by atoms with van der Waals surface area (Å²) in [4.78, 5) is 5.57. The molecular formula is C17H23FN2O2. The third kappa shape index (κ3) is 3.16. The number of aromatic amines is 1. The average Bonchev–Trinajstić information content (AvgIpc) is 2.96. The Morgan fingerprint density at radius 3 is 2.68 bits per heavy atom. The van der Waals surface area contributed by atoms with Gasteiger partial charge in [-0.25, -0.2) is 4.39 Å². The number of aromatic nitrogens is 1. The molecule has 4 nitrogen and oxygen atoms in total. The molecule has 1 fully saturated rings. The van der Waals surface area contributed by atoms with Gasteiger partial charge in [0, 0.05) is 37.9 Å². The van der Waals surface area contributed by atoms with Gasteiger partial charge in [0.05, 0.1) is 0 Å². The van der Waals surface area contributed by atoms with E-state index in [4.69, 9.17) is 9.47 Å². The lowest BCUT2D eigenvalue weighted by Gasteiger charge is -2.33. The topological polar surface area (TPSA) is 37.5 Å². The Balaban J connectivity index is 1.65. The second kappa shape index (κ2) is 6.77. The highest BCUT2D eigenvalue weighted by atomic mass is 19.1. The van der Waals surface area contributed by atoms with Crippen LogP contribution in [0.15, 0.2) is 24.4 Å². The van der Waals surface area contributed by atoms with Gasteiger partial charge in [0.2, 0.25) is 0 Å². The molecule has 0 aliphatic carbocycles. The molecule has 2 aromatic rings. The molecule has 5 heteroatoms. The number of hydrogen-bond acceptors (Lipinski definition) is 3. The van der Waals surface area contributed by atoms with Crippen molar-refractivity contribution < 1.29 is 13.9 Å². The molecule has 1 saturated heterocycles. The number of piperidine rings is 1. The quantitative estimate of drug-likeness (QED) is 0.863. The molecule has 1 aliphatic rings. The second-order valence-corrected chi connectivity index (χ2v) is 5.91. The lowest BCUT2D eigenvalue weighted by Crippen LogP contribution is -2.39. The Hall–Kier alpha value is -1.43. The monoisotopic (exact) mass is 306 g/mol. The molecule has 1 N–H and O–H groups in total. The maximum absolute atomic E-state index is 13.3. The fraction of sp³-hybridized carbons (Fsp3) is 0.529. The van der Waals surface area contributed by atoms with E-state index < -0.39 is 0 Å². The number of benzene rings is 1. The molecule has 3 rings (SSSR count). The predicted molar refractivity (Wildman–Crippen MR) is 84.5 cm³/mol. The van der Waals surface area contributed by atoms with Crippen molar-refractivity contribution in [1.82, 2.24) is 9.88 Å². The Morgan fingerprint density at radius 1 is 1.27 bits per heavy atom. The molecule has 0 saturated carbocycles. The third-order valence-corrected chi connectivity index (χ3v) is 4.64. The normalized spacial score (nSPS) is 17.6. The van der Waals surface area contributed by atoms with Crippen LogP contribution in [0, 0.1) is 5.82 Å². The van der Waals surface area contributed by atoms with Crippen molar-refractivity contribution in [3.63, 3.8) is 0 Å². The van der Waals surface area contributed by atoms with Gasteiger partial charge in [0.1, 0.15) is 5.82 Å². The maximum atomic E-state index is 13.3. The van der Waals surface area contributed by atoms with E-state index in [2.05, 4.69) is 9.88 Å². The SMILES string of the molecule is COC(CN1CCC(c2c[nH]c3cc(F)ccc23)CC1)OC. The number of hydrogen-bond donors (Lipinski definition) is 1. The van der Waals surface area contributed by atoms with E-state index in [-0.39, 0.29) is 12.1 Å². The Labute approximate surface area is 130 Å². The third-order valence-electron chi connectivity index (χ3n) is 4.64. The van der Waals surface area contributed by atoms with Crippen LogP contribution in [0.25, 0.3) is 10.9 Å². The molecule has 1 aromatic heterocycles. The maximum Gasteiger partial charge on any atom is 0.169 e. The van der Waals surface area contributed by atoms with Gasteiger partial charge in [0.15, 0.2) is 6.29 Å². The van der Waals surface area contributed by atoms with Crippen LogP contribution in [0.2, 0.25) is 0 Å². The van der Waals surface area contributed by atoms with E-state index in [1.807, 2.05) is 12.3 Å². The molecule has 22 heavy (non-hydrogen) atoms. The highest BCUT2D eigenvalue weighted by Crippen LogP contribution is 2.33. The molecule has 1 aromatic carbocycles. The first-order chi connectivity index (χ1) is 10.7. The first-order valence-electron chi connectivity index (χ1n) is 7.75. The van der Waals surface area contributed by atoms with E-state index in [1.165, 1.54) is 11.6 Å². The number of likely N-dealkylation sites (tertiary alicyclic amines) is 1. The molecule has 0 amide bonds. The van der Waals surface area contributed by atoms with Crippen LogP contribution in [0.1, 0.15) is 24.3 Å². The molecule has 2 heterocycles. The highest BCUT2D eigenvalue weighted by molar-refractivity contribution is 5.83. The van der Waals surface area contributed by atoms with Crippen LogP contribution >= 0.6 is 0 Å². The van der Waals surface area contributed by atoms with Crippen LogP contribution < -0.4 is 0 Å². The molecule has 0 spiro atoms. The number of nitrogens with one attached hydrogen (secondary N) is 1. The number of H-pyrrole nitrogens is 1. The fourth-order valence-corrected chi connectivity index (χ4v) is 3.34. The van der Waals surface area contributed by atoms with Crippen LogP contribution in [-0.4, -0.2) is 50.0 Å². The van der Waals surface area contributed by atoms with Gasteiger partial charge in [-0.3, -0.25) is 4.90 Å². The zero-order chi connectivity index (χ0) is 15.5. The van der Waals surface area contributed by atoms with Gasteiger partial charge in [-0.05, 0) is 55.6 Å². The minimum atomic E-state index is -0.194. The summed E-state index contributed by atoms with van der Waals surface area (Å²) in [5.74, 6) is 0.333. The van der Waals surface area contributed by atoms with Gasteiger partial charge in [-0.15, -0.1) is 0 Å². The van der Waals surface area contributed by atoms with Crippen molar-refractivity contribution in [1.29, 1.82) is 0 Å². The standard InChI is InChI=1S/C17H23FN2O2/c1-21-17(22-2)11-20-7-5-12(6-8-20)15-10-19-16-9-13(18)3-4-14(15)16/h3-4,9-10,12,17,19H,5-8,11H2,1-2H3. The summed E-state index contributed by atoms with van der Waals surface area (Å²) in [5, 5.41) is 1.14. The highest BCUT2D eigenvalue weighted by Gasteiger charge is 2.24. The fourth-order valence-electron chi connectivity index (χ4n) is 3.34. The number of fused-ring (bicyclic) bond motifs is 1. The summed E-state index contributed by atoms with van der Waals surface area (Å²) in [7, 11) is 3.35. The number of rotatable bonds is 5. The van der Waals surface area contributed by atoms with Crippen LogP contribution in [0.3, 0.4) is 0 Å².